The number of aliphatic hydroxyl groups excluding tert-OH is 1. The summed E-state index contributed by atoms with van der Waals surface area (Å²) in [6.45, 7) is 19.1. The van der Waals surface area contributed by atoms with E-state index in [1.54, 1.807) is 19.3 Å². The second kappa shape index (κ2) is 19.2. The number of nitrogens with one attached hydrogen (secondary N) is 4. The Morgan fingerprint density at radius 2 is 1.97 bits per heavy atom. The molecule has 1 heterocycles. The molecule has 1 rings (SSSR count). The molecule has 1 aromatic rings. The molecule has 0 aliphatic heterocycles. The molecule has 0 bridgehead atoms. The number of aromatic amines is 1. The molecular formula is C25H43N7O3S. The minimum atomic E-state index is -0.518. The molecule has 0 aliphatic rings. The number of rotatable bonds is 17. The van der Waals surface area contributed by atoms with Gasteiger partial charge in [0.2, 0.25) is 11.0 Å². The Balaban J connectivity index is 0.00000148. The van der Waals surface area contributed by atoms with Crippen molar-refractivity contribution in [2.24, 2.45) is 11.5 Å². The van der Waals surface area contributed by atoms with Gasteiger partial charge in [-0.3, -0.25) is 9.59 Å². The van der Waals surface area contributed by atoms with Crippen LogP contribution in [0.15, 0.2) is 62.1 Å². The number of carbonyl (C=O) groups excluding carboxylic acids is 2. The van der Waals surface area contributed by atoms with Crippen LogP contribution in [0.1, 0.15) is 38.8 Å². The van der Waals surface area contributed by atoms with Gasteiger partial charge in [-0.05, 0) is 32.7 Å². The number of aryl methyl sites for hydroxylation is 1. The Morgan fingerprint density at radius 1 is 1.28 bits per heavy atom. The van der Waals surface area contributed by atoms with E-state index in [4.69, 9.17) is 11.5 Å². The molecule has 1 amide bonds. The highest BCUT2D eigenvalue weighted by Gasteiger charge is 2.21. The standard InChI is InChI=1S/C20H35N5O3S.C5H8N2/c1-6-17(22)7-8-19(27)25-18(15(4)23-11-14(3)26)12-29-20(28)16(5)24-13(2)9-10-21;1-2-5-3-6-4-7-5/h6,16-18,23-24,26H,1-4,7-12,21-22H2,5H3,(H,25,27);3-4H,2H2,1H3,(H,6,7)/t16-,17?,18?;/m0./s1. The molecule has 2 unspecified atom stereocenters. The summed E-state index contributed by atoms with van der Waals surface area (Å²) in [5, 5.41) is 17.9. The van der Waals surface area contributed by atoms with Gasteiger partial charge in [0, 0.05) is 41.5 Å². The van der Waals surface area contributed by atoms with Gasteiger partial charge in [-0.15, -0.1) is 6.58 Å². The average Bonchev–Trinajstić information content (AvgIpc) is 3.37. The topological polar surface area (TPSA) is 171 Å². The first kappa shape index (κ1) is 33.0. The van der Waals surface area contributed by atoms with Crippen molar-refractivity contribution in [2.45, 2.75) is 57.7 Å². The number of imidazole rings is 1. The van der Waals surface area contributed by atoms with Crippen molar-refractivity contribution in [2.75, 3.05) is 18.8 Å². The number of nitrogens with two attached hydrogens (primary N) is 2. The molecule has 36 heavy (non-hydrogen) atoms. The second-order valence-corrected chi connectivity index (χ2v) is 9.10. The van der Waals surface area contributed by atoms with Gasteiger partial charge in [0.15, 0.2) is 0 Å². The van der Waals surface area contributed by atoms with Gasteiger partial charge in [0.25, 0.3) is 0 Å². The fraction of sp³-hybridized carbons (Fsp3) is 0.480. The van der Waals surface area contributed by atoms with Gasteiger partial charge >= 0.3 is 0 Å². The lowest BCUT2D eigenvalue weighted by Gasteiger charge is -2.23. The van der Waals surface area contributed by atoms with Gasteiger partial charge in [-0.25, -0.2) is 4.98 Å². The average molecular weight is 522 g/mol. The minimum absolute atomic E-state index is 0.0619. The van der Waals surface area contributed by atoms with Gasteiger partial charge in [-0.2, -0.15) is 0 Å². The van der Waals surface area contributed by atoms with E-state index < -0.39 is 12.1 Å². The number of nitrogens with zero attached hydrogens (tertiary/aromatic N) is 1. The summed E-state index contributed by atoms with van der Waals surface area (Å²) in [6.07, 6.45) is 7.42. The first-order chi connectivity index (χ1) is 17.0. The normalized spacial score (nSPS) is 12.7. The van der Waals surface area contributed by atoms with Crippen LogP contribution in [-0.4, -0.2) is 63.1 Å². The van der Waals surface area contributed by atoms with Crippen LogP contribution in [0.25, 0.3) is 0 Å². The van der Waals surface area contributed by atoms with Gasteiger partial charge in [0.05, 0.1) is 25.0 Å². The van der Waals surface area contributed by atoms with E-state index >= 15 is 0 Å². The van der Waals surface area contributed by atoms with E-state index in [9.17, 15) is 14.7 Å². The predicted octanol–water partition coefficient (Wildman–Crippen LogP) is 2.01. The lowest BCUT2D eigenvalue weighted by molar-refractivity contribution is -0.121. The summed E-state index contributed by atoms with van der Waals surface area (Å²) in [7, 11) is 0. The summed E-state index contributed by atoms with van der Waals surface area (Å²) < 4.78 is 0. The van der Waals surface area contributed by atoms with Crippen molar-refractivity contribution in [1.82, 2.24) is 25.9 Å². The zero-order chi connectivity index (χ0) is 27.5. The van der Waals surface area contributed by atoms with Gasteiger partial charge in [0.1, 0.15) is 5.76 Å². The number of thioether (sulfide) groups is 1. The minimum Gasteiger partial charge on any atom is -0.511 e. The van der Waals surface area contributed by atoms with Crippen molar-refractivity contribution in [1.29, 1.82) is 0 Å². The lowest BCUT2D eigenvalue weighted by Crippen LogP contribution is -2.43. The van der Waals surface area contributed by atoms with Crippen molar-refractivity contribution in [3.05, 3.63) is 67.8 Å². The maximum Gasteiger partial charge on any atom is 0.220 e. The third-order valence-electron chi connectivity index (χ3n) is 4.83. The van der Waals surface area contributed by atoms with Crippen LogP contribution in [0, 0.1) is 0 Å². The largest absolute Gasteiger partial charge is 0.511 e. The molecule has 1 aromatic heterocycles. The summed E-state index contributed by atoms with van der Waals surface area (Å²) in [5.41, 5.74) is 13.6. The summed E-state index contributed by atoms with van der Waals surface area (Å²) in [6, 6.07) is -1.22. The van der Waals surface area contributed by atoms with Crippen molar-refractivity contribution < 1.29 is 14.7 Å². The maximum atomic E-state index is 12.4. The van der Waals surface area contributed by atoms with Crippen LogP contribution in [0.2, 0.25) is 0 Å². The van der Waals surface area contributed by atoms with E-state index in [1.165, 1.54) is 5.69 Å². The van der Waals surface area contributed by atoms with Crippen LogP contribution in [0.5, 0.6) is 0 Å². The molecule has 0 fully saturated rings. The Bertz CT molecular complexity index is 843. The van der Waals surface area contributed by atoms with Crippen LogP contribution in [-0.2, 0) is 16.0 Å². The number of hydrogen-bond acceptors (Lipinski definition) is 9. The van der Waals surface area contributed by atoms with E-state index in [1.807, 2.05) is 6.20 Å². The fourth-order valence-electron chi connectivity index (χ4n) is 2.63. The quantitative estimate of drug-likeness (QED) is 0.120. The van der Waals surface area contributed by atoms with Gasteiger partial charge < -0.3 is 37.5 Å². The molecule has 0 saturated carbocycles. The van der Waals surface area contributed by atoms with Crippen molar-refractivity contribution in [3.8, 4) is 0 Å². The molecular weight excluding hydrogens is 478 g/mol. The Labute approximate surface area is 219 Å². The Hall–Kier alpha value is -3.02. The van der Waals surface area contributed by atoms with Crippen LogP contribution >= 0.6 is 11.8 Å². The Morgan fingerprint density at radius 3 is 2.47 bits per heavy atom. The predicted molar refractivity (Wildman–Crippen MR) is 149 cm³/mol. The lowest BCUT2D eigenvalue weighted by atomic mass is 10.1. The number of amides is 1. The van der Waals surface area contributed by atoms with Crippen LogP contribution in [0.3, 0.4) is 0 Å². The zero-order valence-corrected chi connectivity index (χ0v) is 22.3. The highest BCUT2D eigenvalue weighted by atomic mass is 32.2. The van der Waals surface area contributed by atoms with E-state index in [0.717, 1.165) is 18.2 Å². The summed E-state index contributed by atoms with van der Waals surface area (Å²) in [4.78, 5) is 31.5. The molecule has 0 aromatic carbocycles. The third kappa shape index (κ3) is 15.8. The molecule has 0 radical (unpaired) electrons. The first-order valence-electron chi connectivity index (χ1n) is 11.8. The molecule has 0 aliphatic carbocycles. The number of hydrogen-bond donors (Lipinski definition) is 7. The summed E-state index contributed by atoms with van der Waals surface area (Å²) >= 11 is 1.07. The molecule has 3 atom stereocenters. The fourth-order valence-corrected chi connectivity index (χ4v) is 3.55. The number of aliphatic hydroxyl groups is 1. The van der Waals surface area contributed by atoms with Crippen LogP contribution in [0.4, 0.5) is 0 Å². The number of aromatic nitrogens is 2. The highest BCUT2D eigenvalue weighted by molar-refractivity contribution is 8.13. The van der Waals surface area contributed by atoms with Gasteiger partial charge in [-0.1, -0.05) is 44.5 Å². The molecule has 202 valence electrons. The highest BCUT2D eigenvalue weighted by Crippen LogP contribution is 2.13. The van der Waals surface area contributed by atoms with E-state index in [-0.39, 0.29) is 41.5 Å². The molecule has 0 saturated heterocycles. The summed E-state index contributed by atoms with van der Waals surface area (Å²) in [5.74, 6) is -0.00113. The van der Waals surface area contributed by atoms with E-state index in [2.05, 4.69) is 59.2 Å². The SMILES string of the molecule is C=CC(N)CCC(=O)NC(CSC(=O)[C@H](C)NC(=C)CCN)C(=C)NCC(=C)O.CCc1cnc[nH]1. The number of H-pyrrole nitrogens is 1. The monoisotopic (exact) mass is 521 g/mol. The van der Waals surface area contributed by atoms with E-state index in [0.29, 0.717) is 30.8 Å². The van der Waals surface area contributed by atoms with Crippen molar-refractivity contribution >= 4 is 22.8 Å². The third-order valence-corrected chi connectivity index (χ3v) is 5.97. The van der Waals surface area contributed by atoms with Crippen molar-refractivity contribution in [3.63, 3.8) is 0 Å². The molecule has 0 spiro atoms. The maximum absolute atomic E-state index is 12.4. The molecule has 9 N–H and O–H groups in total. The zero-order valence-electron chi connectivity index (χ0n) is 21.5. The first-order valence-corrected chi connectivity index (χ1v) is 12.8. The van der Waals surface area contributed by atoms with Crippen LogP contribution < -0.4 is 27.4 Å². The smallest absolute Gasteiger partial charge is 0.220 e. The second-order valence-electron chi connectivity index (χ2n) is 8.07. The molecule has 11 heteroatoms. The number of carbonyl (C=O) groups is 2. The molecule has 10 nitrogen and oxygen atoms in total. The Kier molecular flexibility index (Phi) is 17.6.